The molecule has 1 aromatic heterocycles. The van der Waals surface area contributed by atoms with Gasteiger partial charge in [0.15, 0.2) is 0 Å². The van der Waals surface area contributed by atoms with Crippen LogP contribution in [0.3, 0.4) is 0 Å². The molecule has 1 amide bonds. The quantitative estimate of drug-likeness (QED) is 0.946. The molecule has 23 heavy (non-hydrogen) atoms. The molecule has 0 radical (unpaired) electrons. The van der Waals surface area contributed by atoms with Crippen LogP contribution in [0.2, 0.25) is 0 Å². The fourth-order valence-electron chi connectivity index (χ4n) is 3.32. The molecule has 1 N–H and O–H groups in total. The molecule has 0 spiro atoms. The number of hydrogen-bond donors (Lipinski definition) is 1. The van der Waals surface area contributed by atoms with E-state index in [2.05, 4.69) is 5.32 Å². The highest BCUT2D eigenvalue weighted by Gasteiger charge is 2.17. The van der Waals surface area contributed by atoms with Crippen molar-refractivity contribution < 1.29 is 9.18 Å². The first-order chi connectivity index (χ1) is 11.1. The molecule has 2 aromatic rings. The van der Waals surface area contributed by atoms with E-state index < -0.39 is 5.82 Å². The van der Waals surface area contributed by atoms with Crippen molar-refractivity contribution in [3.05, 3.63) is 46.1 Å². The van der Waals surface area contributed by atoms with E-state index in [4.69, 9.17) is 0 Å². The first-order valence-electron chi connectivity index (χ1n) is 8.14. The number of nitrogens with one attached hydrogen (secondary N) is 1. The van der Waals surface area contributed by atoms with E-state index in [1.807, 2.05) is 0 Å². The van der Waals surface area contributed by atoms with E-state index in [1.54, 1.807) is 13.1 Å². The van der Waals surface area contributed by atoms with E-state index in [-0.39, 0.29) is 17.2 Å². The van der Waals surface area contributed by atoms with E-state index >= 15 is 0 Å². The summed E-state index contributed by atoms with van der Waals surface area (Å²) in [5.74, 6) is -0.178. The number of benzene rings is 1. The zero-order valence-electron chi connectivity index (χ0n) is 13.3. The van der Waals surface area contributed by atoms with Crippen LogP contribution in [-0.4, -0.2) is 17.0 Å². The van der Waals surface area contributed by atoms with Crippen LogP contribution in [-0.2, 0) is 7.05 Å². The summed E-state index contributed by atoms with van der Waals surface area (Å²) in [5, 5.41) is 3.79. The molecular weight excluding hydrogens is 295 g/mol. The second kappa shape index (κ2) is 6.52. The predicted molar refractivity (Wildman–Crippen MR) is 88.1 cm³/mol. The molecule has 1 aromatic carbocycles. The lowest BCUT2D eigenvalue weighted by Gasteiger charge is -2.22. The van der Waals surface area contributed by atoms with Crippen molar-refractivity contribution in [2.75, 3.05) is 6.54 Å². The van der Waals surface area contributed by atoms with E-state index in [0.29, 0.717) is 23.2 Å². The fourth-order valence-corrected chi connectivity index (χ4v) is 3.32. The molecule has 0 unspecified atom stereocenters. The van der Waals surface area contributed by atoms with Crippen molar-refractivity contribution in [3.8, 4) is 0 Å². The number of carbonyl (C=O) groups is 1. The number of hydrogen-bond acceptors (Lipinski definition) is 2. The Hall–Kier alpha value is -2.17. The number of carbonyl (C=O) groups excluding carboxylic acids is 1. The number of rotatable bonds is 3. The predicted octanol–water partition coefficient (Wildman–Crippen LogP) is 2.99. The number of amides is 1. The third-order valence-corrected chi connectivity index (χ3v) is 4.71. The van der Waals surface area contributed by atoms with Crippen LogP contribution >= 0.6 is 0 Å². The number of halogens is 1. The SMILES string of the molecule is Cn1c(C(=O)NCC2CCCCC2)cc2cc(F)ccc2c1=O. The highest BCUT2D eigenvalue weighted by atomic mass is 19.1. The van der Waals surface area contributed by atoms with Gasteiger partial charge in [0.05, 0.1) is 0 Å². The molecular formula is C18H21FN2O2. The van der Waals surface area contributed by atoms with Crippen molar-refractivity contribution >= 4 is 16.7 Å². The van der Waals surface area contributed by atoms with Gasteiger partial charge in [-0.15, -0.1) is 0 Å². The van der Waals surface area contributed by atoms with Crippen molar-refractivity contribution in [1.82, 2.24) is 9.88 Å². The number of aromatic nitrogens is 1. The van der Waals surface area contributed by atoms with E-state index in [1.165, 1.54) is 42.0 Å². The van der Waals surface area contributed by atoms with E-state index in [0.717, 1.165) is 12.8 Å². The Morgan fingerprint density at radius 1 is 1.26 bits per heavy atom. The largest absolute Gasteiger partial charge is 0.350 e. The molecule has 1 fully saturated rings. The Bertz CT molecular complexity index is 791. The van der Waals surface area contributed by atoms with Gasteiger partial charge in [-0.05, 0) is 48.4 Å². The average Bonchev–Trinajstić information content (AvgIpc) is 2.56. The molecule has 1 aliphatic carbocycles. The average molecular weight is 316 g/mol. The summed E-state index contributed by atoms with van der Waals surface area (Å²) in [7, 11) is 1.57. The molecule has 0 atom stereocenters. The standard InChI is InChI=1S/C18H21FN2O2/c1-21-16(17(22)20-11-12-5-3-2-4-6-12)10-13-9-14(19)7-8-15(13)18(21)23/h7-10,12H,2-6,11H2,1H3,(H,20,22). The van der Waals surface area contributed by atoms with Gasteiger partial charge in [0.1, 0.15) is 11.5 Å². The molecule has 1 heterocycles. The van der Waals surface area contributed by atoms with E-state index in [9.17, 15) is 14.0 Å². The smallest absolute Gasteiger partial charge is 0.268 e. The highest BCUT2D eigenvalue weighted by molar-refractivity contribution is 5.96. The maximum absolute atomic E-state index is 13.4. The lowest BCUT2D eigenvalue weighted by molar-refractivity contribution is 0.0934. The Balaban J connectivity index is 1.84. The van der Waals surface area contributed by atoms with Gasteiger partial charge in [-0.1, -0.05) is 19.3 Å². The molecule has 5 heteroatoms. The summed E-state index contributed by atoms with van der Waals surface area (Å²) in [5.41, 5.74) is -0.0192. The Labute approximate surface area is 134 Å². The molecule has 122 valence electrons. The van der Waals surface area contributed by atoms with Crippen LogP contribution in [0.15, 0.2) is 29.1 Å². The number of pyridine rings is 1. The van der Waals surface area contributed by atoms with Gasteiger partial charge in [-0.2, -0.15) is 0 Å². The fraction of sp³-hybridized carbons (Fsp3) is 0.444. The first kappa shape index (κ1) is 15.7. The topological polar surface area (TPSA) is 51.1 Å². The third kappa shape index (κ3) is 3.28. The number of fused-ring (bicyclic) bond motifs is 1. The normalized spacial score (nSPS) is 15.7. The summed E-state index contributed by atoms with van der Waals surface area (Å²) < 4.78 is 14.7. The lowest BCUT2D eigenvalue weighted by atomic mass is 9.89. The summed E-state index contributed by atoms with van der Waals surface area (Å²) >= 11 is 0. The van der Waals surface area contributed by atoms with Crippen LogP contribution < -0.4 is 10.9 Å². The zero-order valence-corrected chi connectivity index (χ0v) is 13.3. The van der Waals surface area contributed by atoms with Crippen molar-refractivity contribution in [2.45, 2.75) is 32.1 Å². The van der Waals surface area contributed by atoms with Gasteiger partial charge < -0.3 is 9.88 Å². The third-order valence-electron chi connectivity index (χ3n) is 4.71. The highest BCUT2D eigenvalue weighted by Crippen LogP contribution is 2.23. The van der Waals surface area contributed by atoms with Crippen LogP contribution in [0.4, 0.5) is 4.39 Å². The summed E-state index contributed by atoms with van der Waals surface area (Å²) in [6.07, 6.45) is 5.99. The maximum atomic E-state index is 13.4. The van der Waals surface area contributed by atoms with Gasteiger partial charge >= 0.3 is 0 Å². The zero-order chi connectivity index (χ0) is 16.4. The second-order valence-electron chi connectivity index (χ2n) is 6.34. The molecule has 3 rings (SSSR count). The molecule has 0 aliphatic heterocycles. The first-order valence-corrected chi connectivity index (χ1v) is 8.14. The van der Waals surface area contributed by atoms with Crippen molar-refractivity contribution in [2.24, 2.45) is 13.0 Å². The van der Waals surface area contributed by atoms with Gasteiger partial charge in [-0.3, -0.25) is 9.59 Å². The van der Waals surface area contributed by atoms with Gasteiger partial charge in [0.25, 0.3) is 11.5 Å². The van der Waals surface area contributed by atoms with Gasteiger partial charge in [-0.25, -0.2) is 4.39 Å². The van der Waals surface area contributed by atoms with Gasteiger partial charge in [0.2, 0.25) is 0 Å². The maximum Gasteiger partial charge on any atom is 0.268 e. The molecule has 4 nitrogen and oxygen atoms in total. The van der Waals surface area contributed by atoms with Crippen molar-refractivity contribution in [3.63, 3.8) is 0 Å². The minimum atomic E-state index is -0.417. The van der Waals surface area contributed by atoms with Crippen LogP contribution in [0.1, 0.15) is 42.6 Å². The lowest BCUT2D eigenvalue weighted by Crippen LogP contribution is -2.34. The summed E-state index contributed by atoms with van der Waals surface area (Å²) in [4.78, 5) is 24.8. The monoisotopic (exact) mass is 316 g/mol. The van der Waals surface area contributed by atoms with Gasteiger partial charge in [0, 0.05) is 19.0 Å². The molecule has 1 saturated carbocycles. The second-order valence-corrected chi connectivity index (χ2v) is 6.34. The summed E-state index contributed by atoms with van der Waals surface area (Å²) in [6, 6.07) is 5.58. The Morgan fingerprint density at radius 3 is 2.74 bits per heavy atom. The Kier molecular flexibility index (Phi) is 4.46. The minimum absolute atomic E-state index is 0.268. The molecule has 1 aliphatic rings. The summed E-state index contributed by atoms with van der Waals surface area (Å²) in [6.45, 7) is 0.633. The van der Waals surface area contributed by atoms with Crippen LogP contribution in [0.25, 0.3) is 10.8 Å². The Morgan fingerprint density at radius 2 is 2.00 bits per heavy atom. The molecule has 0 saturated heterocycles. The minimum Gasteiger partial charge on any atom is -0.350 e. The molecule has 0 bridgehead atoms. The van der Waals surface area contributed by atoms with Crippen molar-refractivity contribution in [1.29, 1.82) is 0 Å². The van der Waals surface area contributed by atoms with Crippen LogP contribution in [0.5, 0.6) is 0 Å². The number of nitrogens with zero attached hydrogens (tertiary/aromatic N) is 1. The van der Waals surface area contributed by atoms with Crippen LogP contribution in [0, 0.1) is 11.7 Å².